The van der Waals surface area contributed by atoms with E-state index in [2.05, 4.69) is 10.2 Å². The Morgan fingerprint density at radius 3 is 2.80 bits per heavy atom. The van der Waals surface area contributed by atoms with Gasteiger partial charge in [0.25, 0.3) is 0 Å². The number of fused-ring (bicyclic) bond motifs is 3. The molecule has 2 aromatic rings. The monoisotopic (exact) mass is 344 g/mol. The number of ketones is 1. The molecule has 1 aromatic heterocycles. The van der Waals surface area contributed by atoms with Crippen molar-refractivity contribution in [2.45, 2.75) is 26.0 Å². The predicted octanol–water partition coefficient (Wildman–Crippen LogP) is 1.26. The van der Waals surface area contributed by atoms with E-state index in [1.807, 2.05) is 0 Å². The van der Waals surface area contributed by atoms with Gasteiger partial charge in [-0.15, -0.1) is 0 Å². The molecule has 1 unspecified atom stereocenters. The van der Waals surface area contributed by atoms with Crippen LogP contribution in [0.5, 0.6) is 11.5 Å². The zero-order chi connectivity index (χ0) is 17.6. The molecule has 0 spiro atoms. The smallest absolute Gasteiger partial charge is 0.336 e. The minimum Gasteiger partial charge on any atom is -0.507 e. The lowest BCUT2D eigenvalue weighted by molar-refractivity contribution is 0.0871. The molecule has 2 N–H and O–H groups in total. The molecular weight excluding hydrogens is 324 g/mol. The first-order valence-electron chi connectivity index (χ1n) is 8.48. The van der Waals surface area contributed by atoms with Gasteiger partial charge in [0, 0.05) is 51.3 Å². The van der Waals surface area contributed by atoms with E-state index in [9.17, 15) is 14.7 Å². The molecular formula is C18H20N2O5. The van der Waals surface area contributed by atoms with Gasteiger partial charge in [-0.05, 0) is 12.5 Å². The van der Waals surface area contributed by atoms with Gasteiger partial charge in [-0.2, -0.15) is 0 Å². The van der Waals surface area contributed by atoms with Crippen LogP contribution in [0, 0.1) is 0 Å². The summed E-state index contributed by atoms with van der Waals surface area (Å²) in [5.74, 6) is 0.0991. The highest BCUT2D eigenvalue weighted by atomic mass is 16.5. The molecule has 1 atom stereocenters. The predicted molar refractivity (Wildman–Crippen MR) is 91.3 cm³/mol. The summed E-state index contributed by atoms with van der Waals surface area (Å²) >= 11 is 0. The maximum absolute atomic E-state index is 12.5. The highest BCUT2D eigenvalue weighted by Gasteiger charge is 2.30. The van der Waals surface area contributed by atoms with Crippen LogP contribution in [0.15, 0.2) is 21.3 Å². The van der Waals surface area contributed by atoms with Gasteiger partial charge in [0.2, 0.25) is 0 Å². The third-order valence-electron chi connectivity index (χ3n) is 4.72. The van der Waals surface area contributed by atoms with Crippen molar-refractivity contribution in [3.05, 3.63) is 33.7 Å². The molecule has 25 heavy (non-hydrogen) atoms. The molecule has 2 aliphatic heterocycles. The second-order valence-electron chi connectivity index (χ2n) is 6.65. The fraction of sp³-hybridized carbons (Fsp3) is 0.444. The number of phenolic OH excluding ortho intramolecular Hbond substituents is 1. The van der Waals surface area contributed by atoms with Crippen molar-refractivity contribution >= 4 is 16.8 Å². The second-order valence-corrected chi connectivity index (χ2v) is 6.65. The third-order valence-corrected chi connectivity index (χ3v) is 4.72. The van der Waals surface area contributed by atoms with Crippen LogP contribution in [0.25, 0.3) is 11.0 Å². The Bertz CT molecular complexity index is 898. The van der Waals surface area contributed by atoms with Crippen molar-refractivity contribution < 1.29 is 19.1 Å². The SMILES string of the molecule is CC1CC(=O)c2c(cc(O)c3c(CN4CCNCC4)cc(=O)oc23)O1. The highest BCUT2D eigenvalue weighted by molar-refractivity contribution is 6.11. The minimum atomic E-state index is -0.531. The van der Waals surface area contributed by atoms with Crippen molar-refractivity contribution in [1.82, 2.24) is 10.2 Å². The number of phenols is 1. The largest absolute Gasteiger partial charge is 0.507 e. The van der Waals surface area contributed by atoms with Crippen molar-refractivity contribution in [2.75, 3.05) is 26.2 Å². The molecule has 7 nitrogen and oxygen atoms in total. The van der Waals surface area contributed by atoms with E-state index >= 15 is 0 Å². The fourth-order valence-electron chi connectivity index (χ4n) is 3.59. The molecule has 1 aromatic carbocycles. The summed E-state index contributed by atoms with van der Waals surface area (Å²) in [7, 11) is 0. The fourth-order valence-corrected chi connectivity index (χ4v) is 3.59. The van der Waals surface area contributed by atoms with E-state index in [4.69, 9.17) is 9.15 Å². The number of ether oxygens (including phenoxy) is 1. The van der Waals surface area contributed by atoms with Gasteiger partial charge in [-0.25, -0.2) is 4.79 Å². The molecule has 2 aliphatic rings. The minimum absolute atomic E-state index is 0.0375. The standard InChI is InChI=1S/C18H20N2O5/c1-10-6-12(21)17-14(24-10)8-13(22)16-11(7-15(23)25-18(16)17)9-20-4-2-19-3-5-20/h7-8,10,19,22H,2-6,9H2,1H3. The van der Waals surface area contributed by atoms with Gasteiger partial charge in [-0.3, -0.25) is 9.69 Å². The first-order valence-corrected chi connectivity index (χ1v) is 8.48. The normalized spacial score (nSPS) is 21.2. The van der Waals surface area contributed by atoms with Crippen LogP contribution in [0.3, 0.4) is 0 Å². The van der Waals surface area contributed by atoms with Crippen molar-refractivity contribution in [2.24, 2.45) is 0 Å². The highest BCUT2D eigenvalue weighted by Crippen LogP contribution is 2.40. The molecule has 1 fully saturated rings. The molecule has 132 valence electrons. The molecule has 0 bridgehead atoms. The van der Waals surface area contributed by atoms with E-state index in [0.717, 1.165) is 26.2 Å². The summed E-state index contributed by atoms with van der Waals surface area (Å²) in [5, 5.41) is 14.2. The van der Waals surface area contributed by atoms with Gasteiger partial charge in [0.15, 0.2) is 11.4 Å². The van der Waals surface area contributed by atoms with E-state index in [1.54, 1.807) is 6.92 Å². The van der Waals surface area contributed by atoms with Crippen molar-refractivity contribution in [3.8, 4) is 11.5 Å². The number of Topliss-reactive ketones (excluding diaryl/α,β-unsaturated/α-hetero) is 1. The zero-order valence-electron chi connectivity index (χ0n) is 14.0. The van der Waals surface area contributed by atoms with Crippen LogP contribution in [-0.2, 0) is 6.54 Å². The number of carbonyl (C=O) groups excluding carboxylic acids is 1. The topological polar surface area (TPSA) is 92.0 Å². The summed E-state index contributed by atoms with van der Waals surface area (Å²) in [6, 6.07) is 2.85. The van der Waals surface area contributed by atoms with E-state index in [0.29, 0.717) is 17.5 Å². The number of aromatic hydroxyl groups is 1. The van der Waals surface area contributed by atoms with Gasteiger partial charge >= 0.3 is 5.63 Å². The Morgan fingerprint density at radius 1 is 1.28 bits per heavy atom. The maximum atomic E-state index is 12.5. The Kier molecular flexibility index (Phi) is 3.97. The van der Waals surface area contributed by atoms with E-state index in [-0.39, 0.29) is 41.0 Å². The lowest BCUT2D eigenvalue weighted by Gasteiger charge is -2.28. The van der Waals surface area contributed by atoms with Crippen LogP contribution in [0.2, 0.25) is 0 Å². The second kappa shape index (κ2) is 6.16. The van der Waals surface area contributed by atoms with Crippen molar-refractivity contribution in [3.63, 3.8) is 0 Å². The Morgan fingerprint density at radius 2 is 2.04 bits per heavy atom. The van der Waals surface area contributed by atoms with Crippen molar-refractivity contribution in [1.29, 1.82) is 0 Å². The molecule has 7 heteroatoms. The first kappa shape index (κ1) is 16.1. The molecule has 4 rings (SSSR count). The van der Waals surface area contributed by atoms with Gasteiger partial charge < -0.3 is 19.6 Å². The Balaban J connectivity index is 1.89. The summed E-state index contributed by atoms with van der Waals surface area (Å²) in [6.07, 6.45) is -0.0499. The summed E-state index contributed by atoms with van der Waals surface area (Å²) < 4.78 is 11.0. The number of nitrogens with one attached hydrogen (secondary N) is 1. The molecule has 0 saturated carbocycles. The number of piperazine rings is 1. The van der Waals surface area contributed by atoms with E-state index < -0.39 is 5.63 Å². The van der Waals surface area contributed by atoms with E-state index in [1.165, 1.54) is 12.1 Å². The molecule has 0 radical (unpaired) electrons. The third kappa shape index (κ3) is 2.89. The zero-order valence-corrected chi connectivity index (χ0v) is 14.0. The Hall–Kier alpha value is -2.38. The van der Waals surface area contributed by atoms with Crippen LogP contribution in [0.4, 0.5) is 0 Å². The molecule has 1 saturated heterocycles. The number of carbonyl (C=O) groups is 1. The van der Waals surface area contributed by atoms with Crippen LogP contribution in [0.1, 0.15) is 29.3 Å². The molecule has 0 amide bonds. The average Bonchev–Trinajstić information content (AvgIpc) is 2.54. The summed E-state index contributed by atoms with van der Waals surface area (Å²) in [4.78, 5) is 26.8. The van der Waals surface area contributed by atoms with Crippen LogP contribution < -0.4 is 15.7 Å². The lowest BCUT2D eigenvalue weighted by atomic mass is 9.96. The Labute approximate surface area is 144 Å². The number of hydrogen-bond donors (Lipinski definition) is 2. The summed E-state index contributed by atoms with van der Waals surface area (Å²) in [5.41, 5.74) is 0.520. The van der Waals surface area contributed by atoms with Gasteiger partial charge in [-0.1, -0.05) is 0 Å². The van der Waals surface area contributed by atoms with Crippen LogP contribution in [-0.4, -0.2) is 48.1 Å². The lowest BCUT2D eigenvalue weighted by Crippen LogP contribution is -2.43. The number of nitrogens with zero attached hydrogens (tertiary/aromatic N) is 1. The average molecular weight is 344 g/mol. The first-order chi connectivity index (χ1) is 12.0. The molecule has 0 aliphatic carbocycles. The number of hydrogen-bond acceptors (Lipinski definition) is 7. The van der Waals surface area contributed by atoms with Gasteiger partial charge in [0.05, 0.1) is 5.39 Å². The van der Waals surface area contributed by atoms with Crippen LogP contribution >= 0.6 is 0 Å². The summed E-state index contributed by atoms with van der Waals surface area (Å²) in [6.45, 7) is 5.77. The van der Waals surface area contributed by atoms with Gasteiger partial charge in [0.1, 0.15) is 23.2 Å². The quantitative estimate of drug-likeness (QED) is 0.792. The number of rotatable bonds is 2. The number of benzene rings is 1. The maximum Gasteiger partial charge on any atom is 0.336 e. The molecule has 3 heterocycles.